The summed E-state index contributed by atoms with van der Waals surface area (Å²) in [6, 6.07) is 75.1. The molecule has 0 bridgehead atoms. The molecule has 6 nitrogen and oxygen atoms in total. The summed E-state index contributed by atoms with van der Waals surface area (Å²) in [7, 11) is 0. The minimum Gasteiger partial charge on any atom is -0.456 e. The molecule has 1 unspecified atom stereocenters. The first-order valence-electron chi connectivity index (χ1n) is 23.5. The average molecular weight is 884 g/mol. The summed E-state index contributed by atoms with van der Waals surface area (Å²) in [5.74, 6) is 1.88. The number of allylic oxidation sites excluding steroid dienone is 2. The van der Waals surface area contributed by atoms with E-state index >= 15 is 0 Å². The van der Waals surface area contributed by atoms with E-state index < -0.39 is 0 Å². The van der Waals surface area contributed by atoms with E-state index in [0.29, 0.717) is 17.5 Å². The molecule has 12 aromatic rings. The maximum atomic E-state index is 6.54. The van der Waals surface area contributed by atoms with Crippen molar-refractivity contribution in [1.82, 2.24) is 19.5 Å². The molecule has 4 heterocycles. The zero-order chi connectivity index (χ0) is 45.4. The molecule has 0 saturated heterocycles. The first-order chi connectivity index (χ1) is 34.2. The summed E-state index contributed by atoms with van der Waals surface area (Å²) < 4.78 is 8.95. The number of para-hydroxylation sites is 4. The Morgan fingerprint density at radius 2 is 1.04 bits per heavy atom. The lowest BCUT2D eigenvalue weighted by Crippen LogP contribution is -2.27. The monoisotopic (exact) mass is 883 g/mol. The molecule has 69 heavy (non-hydrogen) atoms. The first-order valence-corrected chi connectivity index (χ1v) is 23.5. The Bertz CT molecular complexity index is 4000. The van der Waals surface area contributed by atoms with Crippen LogP contribution in [0.5, 0.6) is 0 Å². The van der Waals surface area contributed by atoms with E-state index in [9.17, 15) is 0 Å². The molecule has 0 fully saturated rings. The van der Waals surface area contributed by atoms with Gasteiger partial charge in [0.2, 0.25) is 0 Å². The topological polar surface area (TPSA) is 60.0 Å². The number of hydrogen-bond donors (Lipinski definition) is 0. The van der Waals surface area contributed by atoms with Gasteiger partial charge in [-0.05, 0) is 94.9 Å². The zero-order valence-corrected chi connectivity index (χ0v) is 37.4. The molecule has 0 N–H and O–H groups in total. The third kappa shape index (κ3) is 6.23. The highest BCUT2D eigenvalue weighted by Crippen LogP contribution is 2.55. The Morgan fingerprint density at radius 1 is 0.435 bits per heavy atom. The van der Waals surface area contributed by atoms with Crippen molar-refractivity contribution < 1.29 is 4.42 Å². The van der Waals surface area contributed by atoms with Crippen molar-refractivity contribution in [3.63, 3.8) is 0 Å². The Balaban J connectivity index is 1.07. The Morgan fingerprint density at radius 3 is 1.84 bits per heavy atom. The second-order valence-electron chi connectivity index (χ2n) is 17.8. The van der Waals surface area contributed by atoms with Gasteiger partial charge in [-0.1, -0.05) is 170 Å². The Labute approximate surface area is 398 Å². The summed E-state index contributed by atoms with van der Waals surface area (Å²) >= 11 is 0. The van der Waals surface area contributed by atoms with Gasteiger partial charge in [0.1, 0.15) is 11.2 Å². The number of aromatic nitrogens is 4. The van der Waals surface area contributed by atoms with Crippen molar-refractivity contribution in [1.29, 1.82) is 0 Å². The van der Waals surface area contributed by atoms with Gasteiger partial charge in [0, 0.05) is 49.5 Å². The van der Waals surface area contributed by atoms with Gasteiger partial charge in [0.15, 0.2) is 17.5 Å². The van der Waals surface area contributed by atoms with Gasteiger partial charge < -0.3 is 13.9 Å². The molecule has 324 valence electrons. The van der Waals surface area contributed by atoms with Crippen molar-refractivity contribution in [3.05, 3.63) is 236 Å². The second-order valence-corrected chi connectivity index (χ2v) is 17.8. The van der Waals surface area contributed by atoms with E-state index in [0.717, 1.165) is 78.8 Å². The number of nitrogens with zero attached hydrogens (tertiary/aromatic N) is 5. The third-order valence-electron chi connectivity index (χ3n) is 13.9. The largest absolute Gasteiger partial charge is 0.456 e. The molecule has 2 aliphatic rings. The van der Waals surface area contributed by atoms with Gasteiger partial charge in [-0.15, -0.1) is 0 Å². The van der Waals surface area contributed by atoms with Crippen LogP contribution in [0.4, 0.5) is 11.4 Å². The minimum atomic E-state index is -0.000383. The van der Waals surface area contributed by atoms with Gasteiger partial charge in [0.05, 0.1) is 28.5 Å². The highest BCUT2D eigenvalue weighted by atomic mass is 16.3. The minimum absolute atomic E-state index is 0.000383. The van der Waals surface area contributed by atoms with Crippen LogP contribution in [0.3, 0.4) is 0 Å². The molecular formula is C63H41N5O. The van der Waals surface area contributed by atoms with Crippen LogP contribution in [-0.2, 0) is 0 Å². The molecular weight excluding hydrogens is 843 g/mol. The Kier molecular flexibility index (Phi) is 8.92. The summed E-state index contributed by atoms with van der Waals surface area (Å²) in [5.41, 5.74) is 17.3. The van der Waals surface area contributed by atoms with Crippen LogP contribution in [0.25, 0.3) is 111 Å². The highest BCUT2D eigenvalue weighted by molar-refractivity contribution is 6.19. The van der Waals surface area contributed by atoms with Crippen molar-refractivity contribution in [2.75, 3.05) is 4.90 Å². The number of rotatable bonds is 7. The van der Waals surface area contributed by atoms with E-state index in [-0.39, 0.29) is 6.04 Å². The number of fused-ring (bicyclic) bond motifs is 9. The zero-order valence-electron chi connectivity index (χ0n) is 37.4. The van der Waals surface area contributed by atoms with Gasteiger partial charge in [-0.25, -0.2) is 15.0 Å². The van der Waals surface area contributed by atoms with Crippen molar-refractivity contribution in [2.24, 2.45) is 0 Å². The quantitative estimate of drug-likeness (QED) is 0.160. The van der Waals surface area contributed by atoms with E-state index in [1.165, 1.54) is 38.6 Å². The molecule has 0 radical (unpaired) electrons. The summed E-state index contributed by atoms with van der Waals surface area (Å²) in [4.78, 5) is 18.2. The lowest BCUT2D eigenvalue weighted by molar-refractivity contribution is 0.669. The summed E-state index contributed by atoms with van der Waals surface area (Å²) in [6.45, 7) is 0. The van der Waals surface area contributed by atoms with Gasteiger partial charge >= 0.3 is 0 Å². The van der Waals surface area contributed by atoms with E-state index in [1.807, 2.05) is 42.5 Å². The molecule has 1 atom stereocenters. The lowest BCUT2D eigenvalue weighted by Gasteiger charge is -2.30. The summed E-state index contributed by atoms with van der Waals surface area (Å²) in [6.07, 6.45) is 7.69. The van der Waals surface area contributed by atoms with Crippen LogP contribution < -0.4 is 4.90 Å². The molecule has 1 aliphatic heterocycles. The molecule has 9 aromatic carbocycles. The van der Waals surface area contributed by atoms with Crippen LogP contribution in [0, 0.1) is 0 Å². The maximum absolute atomic E-state index is 6.54. The molecule has 1 aliphatic carbocycles. The van der Waals surface area contributed by atoms with Gasteiger partial charge in [-0.3, -0.25) is 0 Å². The average Bonchev–Trinajstić information content (AvgIpc) is 4.09. The number of furan rings is 1. The fraction of sp³-hybridized carbons (Fsp3) is 0.0317. The third-order valence-corrected chi connectivity index (χ3v) is 13.9. The standard InChI is InChI=1S/C63H41N5O/c1-4-20-40(21-5-1)61-64-62(41-22-6-2-7-23-41)66-63(65-61)48-28-12-16-34-53(48)68-52-33-15-11-27-47(52)59-50(38-42(39-55(59)68)44-30-19-37-57-60(44)49-29-13-17-36-56(49)69-57)45-31-18-35-54-58(45)46-26-10-14-32-51(46)67(54)43-24-8-3-9-25-43/h1-32,34-39,52H,33H2. The highest BCUT2D eigenvalue weighted by Gasteiger charge is 2.39. The van der Waals surface area contributed by atoms with Gasteiger partial charge in [0.25, 0.3) is 0 Å². The fourth-order valence-corrected chi connectivity index (χ4v) is 11.0. The number of hydrogen-bond acceptors (Lipinski definition) is 5. The first kappa shape index (κ1) is 39.1. The Hall–Kier alpha value is -9.13. The number of anilines is 2. The van der Waals surface area contributed by atoms with Crippen LogP contribution in [0.15, 0.2) is 235 Å². The molecule has 3 aromatic heterocycles. The van der Waals surface area contributed by atoms with Crippen LogP contribution >= 0.6 is 0 Å². The van der Waals surface area contributed by atoms with Crippen molar-refractivity contribution in [3.8, 4) is 62.1 Å². The fourth-order valence-electron chi connectivity index (χ4n) is 11.0. The van der Waals surface area contributed by atoms with E-state index in [1.54, 1.807) is 0 Å². The normalized spacial score (nSPS) is 14.2. The van der Waals surface area contributed by atoms with E-state index in [4.69, 9.17) is 19.4 Å². The van der Waals surface area contributed by atoms with Crippen LogP contribution in [0.2, 0.25) is 0 Å². The van der Waals surface area contributed by atoms with Crippen molar-refractivity contribution >= 4 is 60.7 Å². The van der Waals surface area contributed by atoms with Gasteiger partial charge in [-0.2, -0.15) is 0 Å². The molecule has 14 rings (SSSR count). The maximum Gasteiger partial charge on any atom is 0.166 e. The number of benzene rings is 9. The molecule has 6 heteroatoms. The lowest BCUT2D eigenvalue weighted by atomic mass is 9.86. The molecule has 0 saturated carbocycles. The van der Waals surface area contributed by atoms with Crippen LogP contribution in [0.1, 0.15) is 12.0 Å². The van der Waals surface area contributed by atoms with E-state index in [2.05, 4.69) is 198 Å². The smallest absolute Gasteiger partial charge is 0.166 e. The molecule has 0 spiro atoms. The predicted molar refractivity (Wildman–Crippen MR) is 283 cm³/mol. The molecule has 0 amide bonds. The second kappa shape index (κ2) is 15.8. The predicted octanol–water partition coefficient (Wildman–Crippen LogP) is 16.1. The summed E-state index contributed by atoms with van der Waals surface area (Å²) in [5, 5.41) is 4.63. The van der Waals surface area contributed by atoms with Crippen LogP contribution in [-0.4, -0.2) is 25.6 Å². The van der Waals surface area contributed by atoms with Crippen molar-refractivity contribution in [2.45, 2.75) is 12.5 Å². The SMILES string of the molecule is C1=CCC2C(=C1)c1c(-c3cccc4c3c3ccccc3n4-c3ccccc3)cc(-c3cccc4oc5ccccc5c34)cc1N2c1ccccc1-c1nc(-c2ccccc2)nc(-c2ccccc2)n1.